The van der Waals surface area contributed by atoms with Crippen LogP contribution in [0.15, 0.2) is 51.9 Å². The second-order valence-electron chi connectivity index (χ2n) is 5.39. The van der Waals surface area contributed by atoms with E-state index in [2.05, 4.69) is 14.7 Å². The van der Waals surface area contributed by atoms with Crippen LogP contribution in [-0.4, -0.2) is 18.6 Å². The Kier molecular flexibility index (Phi) is 4.72. The fourth-order valence-electron chi connectivity index (χ4n) is 2.24. The van der Waals surface area contributed by atoms with Gasteiger partial charge in [-0.15, -0.1) is 0 Å². The quantitative estimate of drug-likeness (QED) is 0.615. The van der Waals surface area contributed by atoms with Crippen molar-refractivity contribution in [2.45, 2.75) is 16.8 Å². The van der Waals surface area contributed by atoms with Crippen LogP contribution in [0.3, 0.4) is 0 Å². The molecule has 5 nitrogen and oxygen atoms in total. The van der Waals surface area contributed by atoms with E-state index in [9.17, 15) is 30.4 Å². The van der Waals surface area contributed by atoms with Gasteiger partial charge < -0.3 is 4.52 Å². The predicted octanol–water partition coefficient (Wildman–Crippen LogP) is 4.01. The lowest BCUT2D eigenvalue weighted by Crippen LogP contribution is -2.08. The van der Waals surface area contributed by atoms with Crippen molar-refractivity contribution in [2.75, 3.05) is 0 Å². The largest absolute Gasteiger partial charge is 0.471 e. The molecular weight excluding hydrogens is 395 g/mol. The van der Waals surface area contributed by atoms with Gasteiger partial charge in [-0.05, 0) is 18.2 Å². The van der Waals surface area contributed by atoms with Gasteiger partial charge in [-0.3, -0.25) is 0 Å². The smallest absolute Gasteiger partial charge is 0.329 e. The second-order valence-corrected chi connectivity index (χ2v) is 7.38. The standard InChI is InChI=1S/C16H9F5N2O3S/c17-12-9(8-27(24,25)10-4-2-1-3-5-10)6-7-11(13(12)18)14-22-15(26-23-14)16(19,20)21/h1-7H,8H2. The fraction of sp³-hybridized carbons (Fsp3) is 0.125. The van der Waals surface area contributed by atoms with Crippen molar-refractivity contribution in [1.82, 2.24) is 10.1 Å². The van der Waals surface area contributed by atoms with Crippen LogP contribution in [0.4, 0.5) is 22.0 Å². The number of rotatable bonds is 4. The van der Waals surface area contributed by atoms with Gasteiger partial charge in [-0.2, -0.15) is 18.2 Å². The molecule has 0 N–H and O–H groups in total. The summed E-state index contributed by atoms with van der Waals surface area (Å²) in [4.78, 5) is 2.90. The Morgan fingerprint density at radius 2 is 1.63 bits per heavy atom. The summed E-state index contributed by atoms with van der Waals surface area (Å²) < 4.78 is 94.5. The van der Waals surface area contributed by atoms with Crippen LogP contribution in [0.5, 0.6) is 0 Å². The zero-order chi connectivity index (χ0) is 19.8. The Hall–Kier alpha value is -2.82. The first kappa shape index (κ1) is 19.0. The average Bonchev–Trinajstić information content (AvgIpc) is 3.10. The van der Waals surface area contributed by atoms with Crippen LogP contribution >= 0.6 is 0 Å². The highest BCUT2D eigenvalue weighted by Gasteiger charge is 2.39. The van der Waals surface area contributed by atoms with Crippen LogP contribution < -0.4 is 0 Å². The van der Waals surface area contributed by atoms with Gasteiger partial charge in [0.1, 0.15) is 0 Å². The monoisotopic (exact) mass is 404 g/mol. The molecule has 0 aliphatic carbocycles. The van der Waals surface area contributed by atoms with E-state index in [1.807, 2.05) is 0 Å². The second kappa shape index (κ2) is 6.72. The summed E-state index contributed by atoms with van der Waals surface area (Å²) in [7, 11) is -3.95. The molecule has 0 aliphatic heterocycles. The van der Waals surface area contributed by atoms with Gasteiger partial charge in [0.25, 0.3) is 0 Å². The average molecular weight is 404 g/mol. The summed E-state index contributed by atoms with van der Waals surface area (Å²) in [6.45, 7) is 0. The number of hydrogen-bond donors (Lipinski definition) is 0. The lowest BCUT2D eigenvalue weighted by Gasteiger charge is -2.08. The molecule has 27 heavy (non-hydrogen) atoms. The zero-order valence-electron chi connectivity index (χ0n) is 13.2. The Labute approximate surface area is 149 Å². The molecule has 0 amide bonds. The molecule has 0 bridgehead atoms. The maximum Gasteiger partial charge on any atom is 0.471 e. The van der Waals surface area contributed by atoms with Gasteiger partial charge in [0.15, 0.2) is 21.5 Å². The number of sulfone groups is 1. The molecule has 11 heteroatoms. The minimum absolute atomic E-state index is 0.0816. The Morgan fingerprint density at radius 1 is 0.963 bits per heavy atom. The topological polar surface area (TPSA) is 73.1 Å². The Morgan fingerprint density at radius 3 is 2.22 bits per heavy atom. The van der Waals surface area contributed by atoms with Gasteiger partial charge in [0.2, 0.25) is 5.82 Å². The highest BCUT2D eigenvalue weighted by Crippen LogP contribution is 2.31. The van der Waals surface area contributed by atoms with Gasteiger partial charge >= 0.3 is 12.1 Å². The predicted molar refractivity (Wildman–Crippen MR) is 82.0 cm³/mol. The van der Waals surface area contributed by atoms with Crippen LogP contribution in [0.2, 0.25) is 0 Å². The molecule has 0 fully saturated rings. The van der Waals surface area contributed by atoms with Crippen molar-refractivity contribution >= 4 is 9.84 Å². The molecule has 1 aromatic heterocycles. The third-order valence-corrected chi connectivity index (χ3v) is 5.20. The Bertz CT molecular complexity index is 1080. The molecule has 3 aromatic rings. The minimum atomic E-state index is -4.94. The van der Waals surface area contributed by atoms with E-state index in [4.69, 9.17) is 0 Å². The van der Waals surface area contributed by atoms with Gasteiger partial charge in [-0.1, -0.05) is 29.4 Å². The third kappa shape index (κ3) is 3.82. The van der Waals surface area contributed by atoms with E-state index >= 15 is 0 Å². The normalized spacial score (nSPS) is 12.3. The van der Waals surface area contributed by atoms with E-state index in [1.54, 1.807) is 6.07 Å². The van der Waals surface area contributed by atoms with Crippen LogP contribution in [0, 0.1) is 11.6 Å². The SMILES string of the molecule is O=S(=O)(Cc1ccc(-c2noc(C(F)(F)F)n2)c(F)c1F)c1ccccc1. The van der Waals surface area contributed by atoms with Crippen molar-refractivity contribution in [2.24, 2.45) is 0 Å². The summed E-state index contributed by atoms with van der Waals surface area (Å²) in [6.07, 6.45) is -4.94. The van der Waals surface area contributed by atoms with Crippen molar-refractivity contribution in [3.8, 4) is 11.4 Å². The molecule has 2 aromatic carbocycles. The summed E-state index contributed by atoms with van der Waals surface area (Å²) in [6, 6.07) is 8.97. The van der Waals surface area contributed by atoms with Crippen molar-refractivity contribution < 1.29 is 34.9 Å². The maximum absolute atomic E-state index is 14.3. The highest BCUT2D eigenvalue weighted by atomic mass is 32.2. The van der Waals surface area contributed by atoms with Crippen molar-refractivity contribution in [1.29, 1.82) is 0 Å². The van der Waals surface area contributed by atoms with Gasteiger partial charge in [-0.25, -0.2) is 17.2 Å². The highest BCUT2D eigenvalue weighted by molar-refractivity contribution is 7.90. The first-order chi connectivity index (χ1) is 12.6. The molecule has 0 unspecified atom stereocenters. The van der Waals surface area contributed by atoms with Crippen molar-refractivity contribution in [3.05, 3.63) is 65.6 Å². The molecule has 142 valence electrons. The summed E-state index contributed by atoms with van der Waals surface area (Å²) >= 11 is 0. The van der Waals surface area contributed by atoms with Crippen molar-refractivity contribution in [3.63, 3.8) is 0 Å². The van der Waals surface area contributed by atoms with E-state index in [-0.39, 0.29) is 4.90 Å². The first-order valence-electron chi connectivity index (χ1n) is 7.25. The minimum Gasteiger partial charge on any atom is -0.329 e. The molecular formula is C16H9F5N2O3S. The first-order valence-corrected chi connectivity index (χ1v) is 8.91. The molecule has 0 saturated carbocycles. The molecule has 0 spiro atoms. The number of alkyl halides is 3. The maximum atomic E-state index is 14.3. The lowest BCUT2D eigenvalue weighted by atomic mass is 10.1. The lowest BCUT2D eigenvalue weighted by molar-refractivity contribution is -0.159. The number of aromatic nitrogens is 2. The van der Waals surface area contributed by atoms with E-state index in [0.717, 1.165) is 12.1 Å². The zero-order valence-corrected chi connectivity index (χ0v) is 14.0. The number of nitrogens with zero attached hydrogens (tertiary/aromatic N) is 2. The van der Waals surface area contributed by atoms with E-state index in [0.29, 0.717) is 0 Å². The molecule has 3 rings (SSSR count). The van der Waals surface area contributed by atoms with E-state index < -0.39 is 56.2 Å². The molecule has 1 heterocycles. The van der Waals surface area contributed by atoms with Crippen LogP contribution in [0.1, 0.15) is 11.5 Å². The number of benzene rings is 2. The molecule has 0 atom stereocenters. The summed E-state index contributed by atoms with van der Waals surface area (Å²) in [5.41, 5.74) is -1.17. The Balaban J connectivity index is 1.95. The van der Waals surface area contributed by atoms with Gasteiger partial charge in [0.05, 0.1) is 16.2 Å². The summed E-state index contributed by atoms with van der Waals surface area (Å²) in [5.74, 6) is -6.46. The third-order valence-electron chi connectivity index (χ3n) is 3.52. The molecule has 0 aliphatic rings. The van der Waals surface area contributed by atoms with Gasteiger partial charge in [0, 0.05) is 5.56 Å². The fourth-order valence-corrected chi connectivity index (χ4v) is 3.61. The van der Waals surface area contributed by atoms with Crippen LogP contribution in [-0.2, 0) is 21.8 Å². The molecule has 0 radical (unpaired) electrons. The number of hydrogen-bond acceptors (Lipinski definition) is 5. The molecule has 0 saturated heterocycles. The number of halogens is 5. The summed E-state index contributed by atoms with van der Waals surface area (Å²) in [5, 5.41) is 2.98. The van der Waals surface area contributed by atoms with Crippen LogP contribution in [0.25, 0.3) is 11.4 Å². The van der Waals surface area contributed by atoms with E-state index in [1.165, 1.54) is 24.3 Å².